The van der Waals surface area contributed by atoms with Crippen LogP contribution in [0.25, 0.3) is 0 Å². The fourth-order valence-corrected chi connectivity index (χ4v) is 3.52. The SMILES string of the molecule is CC1CN(C2CCCCc3ccccc32)CCN1. The molecule has 18 heavy (non-hydrogen) atoms. The van der Waals surface area contributed by atoms with Crippen LogP contribution in [-0.4, -0.2) is 30.6 Å². The molecule has 2 atom stereocenters. The molecule has 98 valence electrons. The second-order valence-electron chi connectivity index (χ2n) is 5.81. The molecule has 2 heteroatoms. The minimum absolute atomic E-state index is 0.633. The lowest BCUT2D eigenvalue weighted by Gasteiger charge is -2.38. The standard InChI is InChI=1S/C16H24N2/c1-13-12-18(11-10-17-13)16-9-5-3-7-14-6-2-4-8-15(14)16/h2,4,6,8,13,16-17H,3,5,7,9-12H2,1H3. The van der Waals surface area contributed by atoms with Crippen LogP contribution in [-0.2, 0) is 6.42 Å². The average molecular weight is 244 g/mol. The smallest absolute Gasteiger partial charge is 0.0352 e. The lowest BCUT2D eigenvalue weighted by atomic mass is 9.97. The van der Waals surface area contributed by atoms with E-state index in [1.54, 1.807) is 11.1 Å². The van der Waals surface area contributed by atoms with Gasteiger partial charge in [0.15, 0.2) is 0 Å². The summed E-state index contributed by atoms with van der Waals surface area (Å²) in [6.07, 6.45) is 5.34. The highest BCUT2D eigenvalue weighted by atomic mass is 15.2. The third-order valence-electron chi connectivity index (χ3n) is 4.43. The van der Waals surface area contributed by atoms with E-state index in [-0.39, 0.29) is 0 Å². The van der Waals surface area contributed by atoms with Gasteiger partial charge in [-0.1, -0.05) is 30.7 Å². The van der Waals surface area contributed by atoms with Gasteiger partial charge in [-0.05, 0) is 37.3 Å². The monoisotopic (exact) mass is 244 g/mol. The number of nitrogens with zero attached hydrogens (tertiary/aromatic N) is 1. The highest BCUT2D eigenvalue weighted by Crippen LogP contribution is 2.33. The summed E-state index contributed by atoms with van der Waals surface area (Å²) in [5.41, 5.74) is 3.19. The van der Waals surface area contributed by atoms with Crippen LogP contribution < -0.4 is 5.32 Å². The Morgan fingerprint density at radius 1 is 1.22 bits per heavy atom. The van der Waals surface area contributed by atoms with Crippen LogP contribution in [0.3, 0.4) is 0 Å². The summed E-state index contributed by atoms with van der Waals surface area (Å²) in [5, 5.41) is 3.55. The van der Waals surface area contributed by atoms with E-state index >= 15 is 0 Å². The Morgan fingerprint density at radius 2 is 2.11 bits per heavy atom. The summed E-state index contributed by atoms with van der Waals surface area (Å²) in [6.45, 7) is 5.83. The molecule has 0 radical (unpaired) electrons. The number of hydrogen-bond donors (Lipinski definition) is 1. The van der Waals surface area contributed by atoms with Crippen LogP contribution in [0.5, 0.6) is 0 Å². The van der Waals surface area contributed by atoms with Crippen molar-refractivity contribution in [3.63, 3.8) is 0 Å². The van der Waals surface area contributed by atoms with Gasteiger partial charge < -0.3 is 5.32 Å². The van der Waals surface area contributed by atoms with E-state index in [1.165, 1.54) is 38.8 Å². The van der Waals surface area contributed by atoms with Gasteiger partial charge >= 0.3 is 0 Å². The van der Waals surface area contributed by atoms with Crippen molar-refractivity contribution in [3.8, 4) is 0 Å². The largest absolute Gasteiger partial charge is 0.312 e. The first kappa shape index (κ1) is 12.2. The highest BCUT2D eigenvalue weighted by Gasteiger charge is 2.27. The zero-order valence-electron chi connectivity index (χ0n) is 11.4. The van der Waals surface area contributed by atoms with Gasteiger partial charge in [-0.15, -0.1) is 0 Å². The van der Waals surface area contributed by atoms with Crippen LogP contribution >= 0.6 is 0 Å². The molecule has 1 aromatic carbocycles. The number of hydrogen-bond acceptors (Lipinski definition) is 2. The summed E-state index contributed by atoms with van der Waals surface area (Å²) >= 11 is 0. The molecule has 1 aliphatic heterocycles. The quantitative estimate of drug-likeness (QED) is 0.764. The third kappa shape index (κ3) is 2.45. The molecular formula is C16H24N2. The van der Waals surface area contributed by atoms with E-state index in [1.807, 2.05) is 0 Å². The molecule has 1 aromatic rings. The topological polar surface area (TPSA) is 15.3 Å². The van der Waals surface area contributed by atoms with Gasteiger partial charge in [0.05, 0.1) is 0 Å². The fourth-order valence-electron chi connectivity index (χ4n) is 3.52. The Bertz CT molecular complexity index is 402. The molecule has 1 saturated heterocycles. The predicted molar refractivity (Wildman–Crippen MR) is 75.8 cm³/mol. The number of aryl methyl sites for hydroxylation is 1. The van der Waals surface area contributed by atoms with Crippen molar-refractivity contribution in [1.82, 2.24) is 10.2 Å². The molecule has 0 spiro atoms. The summed E-state index contributed by atoms with van der Waals surface area (Å²) in [4.78, 5) is 2.70. The third-order valence-corrected chi connectivity index (χ3v) is 4.43. The van der Waals surface area contributed by atoms with Crippen LogP contribution in [0.4, 0.5) is 0 Å². The Labute approximate surface area is 110 Å². The molecule has 1 heterocycles. The second-order valence-corrected chi connectivity index (χ2v) is 5.81. The Balaban J connectivity index is 1.86. The van der Waals surface area contributed by atoms with E-state index in [0.717, 1.165) is 6.54 Å². The first-order chi connectivity index (χ1) is 8.84. The molecule has 0 saturated carbocycles. The van der Waals surface area contributed by atoms with E-state index in [0.29, 0.717) is 12.1 Å². The van der Waals surface area contributed by atoms with Crippen molar-refractivity contribution in [2.24, 2.45) is 0 Å². The maximum absolute atomic E-state index is 3.55. The molecular weight excluding hydrogens is 220 g/mol. The van der Waals surface area contributed by atoms with Crippen molar-refractivity contribution < 1.29 is 0 Å². The number of rotatable bonds is 1. The van der Waals surface area contributed by atoms with Crippen LogP contribution in [0, 0.1) is 0 Å². The first-order valence-corrected chi connectivity index (χ1v) is 7.40. The lowest BCUT2D eigenvalue weighted by Crippen LogP contribution is -2.50. The van der Waals surface area contributed by atoms with Gasteiger partial charge in [-0.25, -0.2) is 0 Å². The maximum atomic E-state index is 3.55. The van der Waals surface area contributed by atoms with Crippen LogP contribution in [0.15, 0.2) is 24.3 Å². The average Bonchev–Trinajstić information content (AvgIpc) is 2.61. The fraction of sp³-hybridized carbons (Fsp3) is 0.625. The predicted octanol–water partition coefficient (Wildman–Crippen LogP) is 2.75. The van der Waals surface area contributed by atoms with Crippen LogP contribution in [0.1, 0.15) is 43.4 Å². The first-order valence-electron chi connectivity index (χ1n) is 7.40. The summed E-state index contributed by atoms with van der Waals surface area (Å²) in [5.74, 6) is 0. The number of piperazine rings is 1. The zero-order valence-corrected chi connectivity index (χ0v) is 11.4. The van der Waals surface area contributed by atoms with Crippen molar-refractivity contribution in [2.45, 2.75) is 44.7 Å². The van der Waals surface area contributed by atoms with Crippen molar-refractivity contribution in [1.29, 1.82) is 0 Å². The van der Waals surface area contributed by atoms with E-state index in [4.69, 9.17) is 0 Å². The Hall–Kier alpha value is -0.860. The molecule has 0 amide bonds. The van der Waals surface area contributed by atoms with Crippen LogP contribution in [0.2, 0.25) is 0 Å². The molecule has 1 fully saturated rings. The molecule has 2 aliphatic rings. The highest BCUT2D eigenvalue weighted by molar-refractivity contribution is 5.31. The molecule has 2 unspecified atom stereocenters. The minimum Gasteiger partial charge on any atom is -0.312 e. The van der Waals surface area contributed by atoms with Crippen molar-refractivity contribution >= 4 is 0 Å². The number of fused-ring (bicyclic) bond motifs is 1. The molecule has 0 aromatic heterocycles. The molecule has 3 rings (SSSR count). The molecule has 1 aliphatic carbocycles. The van der Waals surface area contributed by atoms with Gasteiger partial charge in [0.2, 0.25) is 0 Å². The Morgan fingerprint density at radius 3 is 3.00 bits per heavy atom. The lowest BCUT2D eigenvalue weighted by molar-refractivity contribution is 0.141. The molecule has 1 N–H and O–H groups in total. The van der Waals surface area contributed by atoms with Gasteiger partial charge in [0.1, 0.15) is 0 Å². The summed E-state index contributed by atoms with van der Waals surface area (Å²) < 4.78 is 0. The summed E-state index contributed by atoms with van der Waals surface area (Å²) in [6, 6.07) is 10.4. The molecule has 0 bridgehead atoms. The van der Waals surface area contributed by atoms with Gasteiger partial charge in [-0.3, -0.25) is 4.90 Å². The Kier molecular flexibility index (Phi) is 3.67. The van der Waals surface area contributed by atoms with Gasteiger partial charge in [0, 0.05) is 31.7 Å². The molecule has 2 nitrogen and oxygen atoms in total. The van der Waals surface area contributed by atoms with Gasteiger partial charge in [0.25, 0.3) is 0 Å². The number of nitrogens with one attached hydrogen (secondary N) is 1. The van der Waals surface area contributed by atoms with Gasteiger partial charge in [-0.2, -0.15) is 0 Å². The summed E-state index contributed by atoms with van der Waals surface area (Å²) in [7, 11) is 0. The van der Waals surface area contributed by atoms with Crippen molar-refractivity contribution in [3.05, 3.63) is 35.4 Å². The normalized spacial score (nSPS) is 29.6. The maximum Gasteiger partial charge on any atom is 0.0352 e. The van der Waals surface area contributed by atoms with E-state index < -0.39 is 0 Å². The second kappa shape index (κ2) is 5.41. The van der Waals surface area contributed by atoms with E-state index in [2.05, 4.69) is 41.4 Å². The zero-order chi connectivity index (χ0) is 12.4. The minimum atomic E-state index is 0.633. The van der Waals surface area contributed by atoms with E-state index in [9.17, 15) is 0 Å². The van der Waals surface area contributed by atoms with Crippen molar-refractivity contribution in [2.75, 3.05) is 19.6 Å². The number of benzene rings is 1.